The van der Waals surface area contributed by atoms with Crippen LogP contribution in [0.15, 0.2) is 39.8 Å². The predicted molar refractivity (Wildman–Crippen MR) is 121 cm³/mol. The van der Waals surface area contributed by atoms with E-state index >= 15 is 0 Å². The molecule has 0 radical (unpaired) electrons. The van der Waals surface area contributed by atoms with Crippen molar-refractivity contribution in [1.29, 1.82) is 5.26 Å². The number of hydrogen-bond donors (Lipinski definition) is 3. The number of carbonyl (C=O) groups is 1. The number of nitriles is 1. The van der Waals surface area contributed by atoms with Gasteiger partial charge in [0.05, 0.1) is 17.7 Å². The standard InChI is InChI=1S/C21H18Cl2FN7O2/c1-10(27-21(26)30-29-18(32)5-6-25)14-4-3-12(7-16(14)23)15-8-13(22)9-17(24)19(15)20-28-11(2)33-31-20/h3-4,7-10H,5H2,1-2H3,(H,29,32)(H3,26,27,30). The molecule has 0 saturated carbocycles. The van der Waals surface area contributed by atoms with Gasteiger partial charge in [0, 0.05) is 17.0 Å². The summed E-state index contributed by atoms with van der Waals surface area (Å²) in [5.74, 6) is -0.839. The molecule has 1 atom stereocenters. The van der Waals surface area contributed by atoms with Gasteiger partial charge in [0.15, 0.2) is 0 Å². The number of guanidine groups is 1. The fourth-order valence-corrected chi connectivity index (χ4v) is 3.57. The molecule has 170 valence electrons. The van der Waals surface area contributed by atoms with Crippen molar-refractivity contribution >= 4 is 35.1 Å². The lowest BCUT2D eigenvalue weighted by Gasteiger charge is -2.14. The highest BCUT2D eigenvalue weighted by Crippen LogP contribution is 2.38. The third-order valence-corrected chi connectivity index (χ3v) is 5.02. The first-order valence-electron chi connectivity index (χ1n) is 9.54. The molecule has 0 aliphatic carbocycles. The van der Waals surface area contributed by atoms with E-state index in [1.54, 1.807) is 44.2 Å². The molecule has 1 unspecified atom stereocenters. The molecule has 2 aromatic carbocycles. The van der Waals surface area contributed by atoms with Gasteiger partial charge in [0.1, 0.15) is 12.2 Å². The summed E-state index contributed by atoms with van der Waals surface area (Å²) in [6.07, 6.45) is -0.321. The summed E-state index contributed by atoms with van der Waals surface area (Å²) in [5, 5.41) is 12.9. The summed E-state index contributed by atoms with van der Waals surface area (Å²) in [6, 6.07) is 9.08. The Balaban J connectivity index is 1.91. The van der Waals surface area contributed by atoms with Crippen LogP contribution in [0.25, 0.3) is 22.5 Å². The van der Waals surface area contributed by atoms with Gasteiger partial charge in [0.25, 0.3) is 5.91 Å². The van der Waals surface area contributed by atoms with Crippen molar-refractivity contribution in [3.8, 4) is 28.6 Å². The highest BCUT2D eigenvalue weighted by atomic mass is 35.5. The number of hydrazine groups is 1. The zero-order valence-electron chi connectivity index (χ0n) is 17.5. The van der Waals surface area contributed by atoms with Crippen LogP contribution in [-0.2, 0) is 4.79 Å². The summed E-state index contributed by atoms with van der Waals surface area (Å²) < 4.78 is 19.8. The summed E-state index contributed by atoms with van der Waals surface area (Å²) in [5.41, 5.74) is 12.2. The monoisotopic (exact) mass is 489 g/mol. The lowest BCUT2D eigenvalue weighted by molar-refractivity contribution is -0.120. The number of aliphatic imine (C=N–C) groups is 1. The molecule has 9 nitrogen and oxygen atoms in total. The van der Waals surface area contributed by atoms with E-state index in [-0.39, 0.29) is 28.8 Å². The Morgan fingerprint density at radius 2 is 2.09 bits per heavy atom. The molecule has 1 heterocycles. The van der Waals surface area contributed by atoms with Crippen molar-refractivity contribution in [2.45, 2.75) is 26.3 Å². The number of hydrogen-bond acceptors (Lipinski definition) is 6. The molecule has 0 bridgehead atoms. The van der Waals surface area contributed by atoms with Gasteiger partial charge >= 0.3 is 0 Å². The van der Waals surface area contributed by atoms with Crippen LogP contribution in [0.3, 0.4) is 0 Å². The second-order valence-corrected chi connectivity index (χ2v) is 7.73. The first kappa shape index (κ1) is 24.0. The molecule has 1 aromatic heterocycles. The second-order valence-electron chi connectivity index (χ2n) is 6.88. The minimum atomic E-state index is -0.603. The molecule has 4 N–H and O–H groups in total. The number of benzene rings is 2. The highest BCUT2D eigenvalue weighted by molar-refractivity contribution is 6.32. The molecule has 0 fully saturated rings. The summed E-state index contributed by atoms with van der Waals surface area (Å²) in [4.78, 5) is 19.7. The molecule has 0 spiro atoms. The predicted octanol–water partition coefficient (Wildman–Crippen LogP) is 4.07. The highest BCUT2D eigenvalue weighted by Gasteiger charge is 2.20. The summed E-state index contributed by atoms with van der Waals surface area (Å²) >= 11 is 12.6. The first-order valence-corrected chi connectivity index (χ1v) is 10.3. The average molecular weight is 490 g/mol. The number of aryl methyl sites for hydroxylation is 1. The maximum Gasteiger partial charge on any atom is 0.252 e. The van der Waals surface area contributed by atoms with Gasteiger partial charge in [-0.25, -0.2) is 9.38 Å². The molecule has 0 saturated heterocycles. The molecule has 3 aromatic rings. The maximum absolute atomic E-state index is 14.8. The number of amides is 1. The number of rotatable bonds is 5. The Labute approximate surface area is 198 Å². The van der Waals surface area contributed by atoms with Crippen LogP contribution in [0.1, 0.15) is 30.8 Å². The molecular formula is C21H18Cl2FN7O2. The van der Waals surface area contributed by atoms with Crippen LogP contribution in [0.2, 0.25) is 10.0 Å². The maximum atomic E-state index is 14.8. The van der Waals surface area contributed by atoms with Crippen molar-refractivity contribution in [3.05, 3.63) is 57.6 Å². The van der Waals surface area contributed by atoms with Crippen LogP contribution in [-0.4, -0.2) is 22.0 Å². The number of aromatic nitrogens is 2. The fourth-order valence-electron chi connectivity index (χ4n) is 3.02. The zero-order chi connectivity index (χ0) is 24.1. The van der Waals surface area contributed by atoms with E-state index in [0.717, 1.165) is 0 Å². The normalized spacial score (nSPS) is 12.2. The van der Waals surface area contributed by atoms with Crippen molar-refractivity contribution in [2.75, 3.05) is 0 Å². The first-order chi connectivity index (χ1) is 15.7. The molecular weight excluding hydrogens is 472 g/mol. The minimum Gasteiger partial charge on any atom is -0.369 e. The van der Waals surface area contributed by atoms with Gasteiger partial charge in [0.2, 0.25) is 17.7 Å². The number of carbonyl (C=O) groups excluding carboxylic acids is 1. The lowest BCUT2D eigenvalue weighted by atomic mass is 9.96. The van der Waals surface area contributed by atoms with E-state index in [4.69, 9.17) is 38.7 Å². The van der Waals surface area contributed by atoms with Gasteiger partial charge in [-0.1, -0.05) is 40.5 Å². The van der Waals surface area contributed by atoms with Gasteiger partial charge < -0.3 is 10.3 Å². The number of halogens is 3. The molecule has 3 rings (SSSR count). The fraction of sp³-hybridized carbons (Fsp3) is 0.190. The van der Waals surface area contributed by atoms with Gasteiger partial charge in [-0.15, -0.1) is 0 Å². The van der Waals surface area contributed by atoms with E-state index in [9.17, 15) is 9.18 Å². The SMILES string of the molecule is Cc1nc(-c2c(F)cc(Cl)cc2-c2ccc(C(C)N=C(N)NNC(=O)CC#N)c(Cl)c2)no1. The molecule has 0 aliphatic heterocycles. The Bertz CT molecular complexity index is 1270. The van der Waals surface area contributed by atoms with E-state index < -0.39 is 17.8 Å². The van der Waals surface area contributed by atoms with Gasteiger partial charge in [-0.05, 0) is 41.8 Å². The zero-order valence-corrected chi connectivity index (χ0v) is 19.0. The minimum absolute atomic E-state index is 0.0689. The quantitative estimate of drug-likeness (QED) is 0.278. The Hall–Kier alpha value is -3.68. The van der Waals surface area contributed by atoms with E-state index in [0.29, 0.717) is 27.6 Å². The summed E-state index contributed by atoms with van der Waals surface area (Å²) in [7, 11) is 0. The Morgan fingerprint density at radius 3 is 2.73 bits per heavy atom. The molecule has 33 heavy (non-hydrogen) atoms. The van der Waals surface area contributed by atoms with E-state index in [2.05, 4.69) is 26.0 Å². The third-order valence-electron chi connectivity index (χ3n) is 4.47. The van der Waals surface area contributed by atoms with Gasteiger partial charge in [-0.2, -0.15) is 10.2 Å². The number of nitrogens with one attached hydrogen (secondary N) is 2. The van der Waals surface area contributed by atoms with Gasteiger partial charge in [-0.3, -0.25) is 15.6 Å². The van der Waals surface area contributed by atoms with Crippen LogP contribution >= 0.6 is 23.2 Å². The van der Waals surface area contributed by atoms with Crippen molar-refractivity contribution in [2.24, 2.45) is 10.7 Å². The largest absolute Gasteiger partial charge is 0.369 e. The topological polar surface area (TPSA) is 142 Å². The van der Waals surface area contributed by atoms with E-state index in [1.165, 1.54) is 6.07 Å². The number of nitrogens with zero attached hydrogens (tertiary/aromatic N) is 4. The van der Waals surface area contributed by atoms with E-state index in [1.807, 2.05) is 0 Å². The third kappa shape index (κ3) is 5.77. The summed E-state index contributed by atoms with van der Waals surface area (Å²) in [6.45, 7) is 3.35. The van der Waals surface area contributed by atoms with Crippen LogP contribution in [0.4, 0.5) is 4.39 Å². The lowest BCUT2D eigenvalue weighted by Crippen LogP contribution is -2.45. The van der Waals surface area contributed by atoms with Crippen LogP contribution in [0.5, 0.6) is 0 Å². The van der Waals surface area contributed by atoms with Crippen LogP contribution in [0, 0.1) is 24.1 Å². The van der Waals surface area contributed by atoms with Crippen molar-refractivity contribution in [1.82, 2.24) is 21.0 Å². The average Bonchev–Trinajstić information content (AvgIpc) is 3.17. The van der Waals surface area contributed by atoms with Crippen molar-refractivity contribution in [3.63, 3.8) is 0 Å². The second kappa shape index (κ2) is 10.3. The number of nitrogens with two attached hydrogens (primary N) is 1. The Kier molecular flexibility index (Phi) is 7.48. The molecule has 0 aliphatic rings. The smallest absolute Gasteiger partial charge is 0.252 e. The van der Waals surface area contributed by atoms with Crippen molar-refractivity contribution < 1.29 is 13.7 Å². The molecule has 1 amide bonds. The molecule has 12 heteroatoms. The van der Waals surface area contributed by atoms with Crippen LogP contribution < -0.4 is 16.6 Å². The Morgan fingerprint density at radius 1 is 1.33 bits per heavy atom.